The number of ether oxygens (including phenoxy) is 3. The molecule has 3 aromatic carbocycles. The highest BCUT2D eigenvalue weighted by atomic mass is 35.5. The van der Waals surface area contributed by atoms with Crippen LogP contribution < -0.4 is 9.47 Å². The highest BCUT2D eigenvalue weighted by Crippen LogP contribution is 2.36. The fraction of sp³-hybridized carbons (Fsp3) is 0.174. The molecule has 0 saturated carbocycles. The molecule has 1 aliphatic rings. The van der Waals surface area contributed by atoms with E-state index in [-0.39, 0.29) is 35.4 Å². The molecule has 1 heterocycles. The Bertz CT molecular complexity index is 1160. The topological polar surface area (TPSA) is 40.0 Å². The van der Waals surface area contributed by atoms with Crippen LogP contribution in [0.25, 0.3) is 0 Å². The van der Waals surface area contributed by atoms with Crippen molar-refractivity contribution < 1.29 is 36.2 Å². The van der Waals surface area contributed by atoms with Crippen molar-refractivity contribution >= 4 is 17.5 Å². The zero-order chi connectivity index (χ0) is 23.6. The second-order valence-electron chi connectivity index (χ2n) is 7.02. The minimum atomic E-state index is -4.50. The number of benzene rings is 3. The lowest BCUT2D eigenvalue weighted by molar-refractivity contribution is -0.137. The van der Waals surface area contributed by atoms with Gasteiger partial charge >= 0.3 is 6.18 Å². The number of halogens is 6. The molecule has 0 N–H and O–H groups in total. The predicted octanol–water partition coefficient (Wildman–Crippen LogP) is 6.65. The number of alkyl halides is 3. The lowest BCUT2D eigenvalue weighted by atomic mass is 10.2. The van der Waals surface area contributed by atoms with Gasteiger partial charge < -0.3 is 14.2 Å². The molecule has 0 aromatic heterocycles. The third-order valence-corrected chi connectivity index (χ3v) is 4.94. The second kappa shape index (κ2) is 9.27. The molecule has 0 radical (unpaired) electrons. The van der Waals surface area contributed by atoms with Gasteiger partial charge in [0.05, 0.1) is 10.6 Å². The second-order valence-corrected chi connectivity index (χ2v) is 7.43. The van der Waals surface area contributed by atoms with Crippen LogP contribution in [0.4, 0.5) is 22.0 Å². The molecule has 172 valence electrons. The van der Waals surface area contributed by atoms with Gasteiger partial charge in [-0.15, -0.1) is 0 Å². The summed E-state index contributed by atoms with van der Waals surface area (Å²) < 4.78 is 82.4. The number of hydrogen-bond donors (Lipinski definition) is 0. The van der Waals surface area contributed by atoms with E-state index in [2.05, 4.69) is 4.99 Å². The molecule has 4 rings (SSSR count). The van der Waals surface area contributed by atoms with Gasteiger partial charge in [-0.25, -0.2) is 13.8 Å². The van der Waals surface area contributed by atoms with Crippen LogP contribution in [0, 0.1) is 11.6 Å². The highest BCUT2D eigenvalue weighted by molar-refractivity contribution is 6.32. The lowest BCUT2D eigenvalue weighted by Crippen LogP contribution is -2.16. The summed E-state index contributed by atoms with van der Waals surface area (Å²) in [4.78, 5) is 4.17. The molecule has 0 fully saturated rings. The van der Waals surface area contributed by atoms with E-state index < -0.39 is 29.4 Å². The first kappa shape index (κ1) is 22.8. The maximum Gasteiger partial charge on any atom is 0.416 e. The summed E-state index contributed by atoms with van der Waals surface area (Å²) in [5.74, 6) is -0.775. The molecule has 0 amide bonds. The molecule has 1 unspecified atom stereocenters. The molecule has 10 heteroatoms. The quantitative estimate of drug-likeness (QED) is 0.368. The summed E-state index contributed by atoms with van der Waals surface area (Å²) in [5.41, 5.74) is -1.19. The molecule has 0 spiro atoms. The molecule has 33 heavy (non-hydrogen) atoms. The average molecular weight is 484 g/mol. The van der Waals surface area contributed by atoms with Crippen LogP contribution in [0.3, 0.4) is 0 Å². The van der Waals surface area contributed by atoms with Gasteiger partial charge in [0, 0.05) is 0 Å². The number of nitrogens with zero attached hydrogens (tertiary/aromatic N) is 1. The van der Waals surface area contributed by atoms with E-state index in [1.165, 1.54) is 6.07 Å². The first-order chi connectivity index (χ1) is 15.7. The third kappa shape index (κ3) is 5.36. The Hall–Kier alpha value is -3.33. The SMILES string of the molecule is Fc1cccc(F)c1C1=NC(COc2ccc(Oc3ccc(C(F)(F)F)cc3Cl)cc2)CO1. The summed E-state index contributed by atoms with van der Waals surface area (Å²) in [7, 11) is 0. The fourth-order valence-electron chi connectivity index (χ4n) is 3.02. The zero-order valence-electron chi connectivity index (χ0n) is 16.7. The fourth-order valence-corrected chi connectivity index (χ4v) is 3.24. The van der Waals surface area contributed by atoms with E-state index in [9.17, 15) is 22.0 Å². The Morgan fingerprint density at radius 1 is 0.970 bits per heavy atom. The van der Waals surface area contributed by atoms with Gasteiger partial charge in [0.1, 0.15) is 53.7 Å². The van der Waals surface area contributed by atoms with Crippen LogP contribution in [-0.4, -0.2) is 25.2 Å². The van der Waals surface area contributed by atoms with Gasteiger partial charge in [-0.3, -0.25) is 0 Å². The standard InChI is InChI=1S/C23H15ClF5NO3/c24-17-10-13(23(27,28)29)4-9-20(17)33-16-7-5-15(6-8-16)31-11-14-12-32-22(30-14)21-18(25)2-1-3-19(21)26/h1-10,14H,11-12H2. The molecular formula is C23H15ClF5NO3. The predicted molar refractivity (Wildman–Crippen MR) is 111 cm³/mol. The molecule has 1 atom stereocenters. The first-order valence-corrected chi connectivity index (χ1v) is 10.0. The molecular weight excluding hydrogens is 469 g/mol. The van der Waals surface area contributed by atoms with Crippen molar-refractivity contribution in [2.45, 2.75) is 12.2 Å². The van der Waals surface area contributed by atoms with E-state index >= 15 is 0 Å². The summed E-state index contributed by atoms with van der Waals surface area (Å²) in [6.45, 7) is 0.210. The molecule has 4 nitrogen and oxygen atoms in total. The average Bonchev–Trinajstić information content (AvgIpc) is 3.22. The normalized spacial score (nSPS) is 15.7. The van der Waals surface area contributed by atoms with Crippen molar-refractivity contribution in [3.05, 3.63) is 88.4 Å². The van der Waals surface area contributed by atoms with Crippen LogP contribution in [0.2, 0.25) is 5.02 Å². The molecule has 0 bridgehead atoms. The van der Waals surface area contributed by atoms with Gasteiger partial charge in [-0.2, -0.15) is 13.2 Å². The van der Waals surface area contributed by atoms with E-state index in [4.69, 9.17) is 25.8 Å². The van der Waals surface area contributed by atoms with Gasteiger partial charge in [0.15, 0.2) is 0 Å². The van der Waals surface area contributed by atoms with Crippen LogP contribution in [0.15, 0.2) is 65.7 Å². The number of aliphatic imine (C=N–C) groups is 1. The van der Waals surface area contributed by atoms with E-state index in [0.717, 1.165) is 30.3 Å². The summed E-state index contributed by atoms with van der Waals surface area (Å²) in [6.07, 6.45) is -4.50. The Kier molecular flexibility index (Phi) is 6.42. The largest absolute Gasteiger partial charge is 0.491 e. The Morgan fingerprint density at radius 3 is 2.27 bits per heavy atom. The van der Waals surface area contributed by atoms with Crippen molar-refractivity contribution in [3.8, 4) is 17.2 Å². The summed E-state index contributed by atoms with van der Waals surface area (Å²) in [6, 6.07) is 12.1. The van der Waals surface area contributed by atoms with Gasteiger partial charge in [-0.05, 0) is 54.6 Å². The van der Waals surface area contributed by atoms with Crippen LogP contribution in [0.5, 0.6) is 17.2 Å². The van der Waals surface area contributed by atoms with Crippen LogP contribution in [0.1, 0.15) is 11.1 Å². The maximum atomic E-state index is 13.9. The van der Waals surface area contributed by atoms with Crippen molar-refractivity contribution in [1.29, 1.82) is 0 Å². The summed E-state index contributed by atoms with van der Waals surface area (Å²) in [5, 5.41) is -0.175. The van der Waals surface area contributed by atoms with Gasteiger partial charge in [0.25, 0.3) is 0 Å². The number of rotatable bonds is 6. The minimum Gasteiger partial charge on any atom is -0.491 e. The van der Waals surface area contributed by atoms with Crippen molar-refractivity contribution in [3.63, 3.8) is 0 Å². The van der Waals surface area contributed by atoms with Crippen LogP contribution >= 0.6 is 11.6 Å². The van der Waals surface area contributed by atoms with Crippen molar-refractivity contribution in [1.82, 2.24) is 0 Å². The van der Waals surface area contributed by atoms with E-state index in [1.54, 1.807) is 24.3 Å². The van der Waals surface area contributed by atoms with Gasteiger partial charge in [0.2, 0.25) is 5.90 Å². The number of hydrogen-bond acceptors (Lipinski definition) is 4. The zero-order valence-corrected chi connectivity index (χ0v) is 17.5. The van der Waals surface area contributed by atoms with Crippen LogP contribution in [-0.2, 0) is 10.9 Å². The highest BCUT2D eigenvalue weighted by Gasteiger charge is 2.31. The Labute approximate surface area is 190 Å². The van der Waals surface area contributed by atoms with E-state index in [0.29, 0.717) is 11.5 Å². The Morgan fingerprint density at radius 2 is 1.64 bits per heavy atom. The first-order valence-electron chi connectivity index (χ1n) is 9.63. The molecule has 1 aliphatic heterocycles. The smallest absolute Gasteiger partial charge is 0.416 e. The van der Waals surface area contributed by atoms with Crippen molar-refractivity contribution in [2.75, 3.05) is 13.2 Å². The lowest BCUT2D eigenvalue weighted by Gasteiger charge is -2.12. The monoisotopic (exact) mass is 483 g/mol. The maximum absolute atomic E-state index is 13.9. The Balaban J connectivity index is 1.36. The van der Waals surface area contributed by atoms with Gasteiger partial charge in [-0.1, -0.05) is 17.7 Å². The molecule has 0 aliphatic carbocycles. The molecule has 3 aromatic rings. The van der Waals surface area contributed by atoms with E-state index in [1.807, 2.05) is 0 Å². The minimum absolute atomic E-state index is 0.0729. The molecule has 0 saturated heterocycles. The summed E-state index contributed by atoms with van der Waals surface area (Å²) >= 11 is 5.89. The third-order valence-electron chi connectivity index (χ3n) is 4.64. The van der Waals surface area contributed by atoms with Crippen molar-refractivity contribution in [2.24, 2.45) is 4.99 Å².